The van der Waals surface area contributed by atoms with Gasteiger partial charge in [-0.3, -0.25) is 14.0 Å². The molecule has 3 aromatic rings. The number of benzene rings is 1. The monoisotopic (exact) mass is 538 g/mol. The van der Waals surface area contributed by atoms with Gasteiger partial charge >= 0.3 is 6.09 Å². The molecule has 210 valence electrons. The van der Waals surface area contributed by atoms with E-state index in [1.54, 1.807) is 36.4 Å². The van der Waals surface area contributed by atoms with E-state index in [1.807, 2.05) is 18.2 Å². The quantitative estimate of drug-likeness (QED) is 0.358. The van der Waals surface area contributed by atoms with Gasteiger partial charge in [0, 0.05) is 7.05 Å². The molecule has 1 aromatic carbocycles. The van der Waals surface area contributed by atoms with E-state index in [0.29, 0.717) is 29.7 Å². The number of aromatic nitrogens is 3. The van der Waals surface area contributed by atoms with Crippen molar-refractivity contribution in [2.75, 3.05) is 20.2 Å². The number of nitrogens with two attached hydrogens (primary N) is 1. The van der Waals surface area contributed by atoms with E-state index >= 15 is 0 Å². The zero-order valence-electron chi connectivity index (χ0n) is 23.4. The number of rotatable bonds is 12. The molecule has 11 heteroatoms. The van der Waals surface area contributed by atoms with Crippen LogP contribution < -0.4 is 11.1 Å². The molecule has 2 amide bonds. The highest BCUT2D eigenvalue weighted by Gasteiger charge is 2.29. The SMILES string of the molecule is CC(=O)CN(C)C(=O)OCc1cccc2nnc([C@@H](COCc3ccccc3C(C)C)NC(=O)C(C)(C)N)n12. The van der Waals surface area contributed by atoms with Crippen LogP contribution in [-0.2, 0) is 32.3 Å². The van der Waals surface area contributed by atoms with E-state index < -0.39 is 17.7 Å². The summed E-state index contributed by atoms with van der Waals surface area (Å²) in [5, 5.41) is 11.5. The topological polar surface area (TPSA) is 141 Å². The van der Waals surface area contributed by atoms with Crippen LogP contribution in [0.5, 0.6) is 0 Å². The normalized spacial score (nSPS) is 12.4. The fourth-order valence-corrected chi connectivity index (χ4v) is 4.05. The molecular weight excluding hydrogens is 500 g/mol. The van der Waals surface area contributed by atoms with E-state index in [-0.39, 0.29) is 31.4 Å². The molecule has 39 heavy (non-hydrogen) atoms. The van der Waals surface area contributed by atoms with Crippen LogP contribution in [0.15, 0.2) is 42.5 Å². The van der Waals surface area contributed by atoms with Gasteiger partial charge in [-0.05, 0) is 49.9 Å². The number of nitrogens with zero attached hydrogens (tertiary/aromatic N) is 4. The Morgan fingerprint density at radius 1 is 1.08 bits per heavy atom. The number of fused-ring (bicyclic) bond motifs is 1. The number of ketones is 1. The molecule has 0 saturated carbocycles. The minimum Gasteiger partial charge on any atom is -0.443 e. The number of carbonyl (C=O) groups is 3. The number of likely N-dealkylation sites (N-methyl/N-ethyl adjacent to an activating group) is 1. The van der Waals surface area contributed by atoms with E-state index in [0.717, 1.165) is 5.56 Å². The lowest BCUT2D eigenvalue weighted by molar-refractivity contribution is -0.126. The number of nitrogens with one attached hydrogen (secondary N) is 1. The molecule has 0 aliphatic carbocycles. The Bertz CT molecular complexity index is 1310. The first-order valence-corrected chi connectivity index (χ1v) is 12.8. The second-order valence-corrected chi connectivity index (χ2v) is 10.5. The second-order valence-electron chi connectivity index (χ2n) is 10.5. The fraction of sp³-hybridized carbons (Fsp3) is 0.464. The van der Waals surface area contributed by atoms with Crippen LogP contribution in [0.4, 0.5) is 4.79 Å². The summed E-state index contributed by atoms with van der Waals surface area (Å²) in [6.45, 7) is 9.16. The van der Waals surface area contributed by atoms with Crippen LogP contribution in [0.25, 0.3) is 5.65 Å². The van der Waals surface area contributed by atoms with Crippen molar-refractivity contribution in [3.8, 4) is 0 Å². The molecule has 2 aromatic heterocycles. The lowest BCUT2D eigenvalue weighted by atomic mass is 9.98. The highest BCUT2D eigenvalue weighted by Crippen LogP contribution is 2.22. The van der Waals surface area contributed by atoms with Crippen molar-refractivity contribution in [1.29, 1.82) is 0 Å². The number of pyridine rings is 1. The number of amides is 2. The van der Waals surface area contributed by atoms with Gasteiger partial charge in [0.25, 0.3) is 0 Å². The molecule has 0 saturated heterocycles. The molecule has 0 aliphatic heterocycles. The largest absolute Gasteiger partial charge is 0.443 e. The predicted octanol–water partition coefficient (Wildman–Crippen LogP) is 3.12. The van der Waals surface area contributed by atoms with Crippen LogP contribution >= 0.6 is 0 Å². The third-order valence-electron chi connectivity index (χ3n) is 6.07. The van der Waals surface area contributed by atoms with Crippen molar-refractivity contribution in [2.45, 2.75) is 65.3 Å². The van der Waals surface area contributed by atoms with Gasteiger partial charge in [-0.25, -0.2) is 4.79 Å². The summed E-state index contributed by atoms with van der Waals surface area (Å²) in [4.78, 5) is 37.8. The van der Waals surface area contributed by atoms with Crippen molar-refractivity contribution in [3.05, 3.63) is 65.1 Å². The number of hydrogen-bond acceptors (Lipinski definition) is 8. The standard InChI is InChI=1S/C28H38N6O5/c1-18(2)22-12-8-7-10-20(22)15-38-17-23(30-26(36)28(4,5)29)25-32-31-24-13-9-11-21(34(24)25)16-39-27(37)33(6)14-19(3)35/h7-13,18,23H,14-17,29H2,1-6H3,(H,30,36)/t23-/m1/s1. The number of ether oxygens (including phenoxy) is 2. The van der Waals surface area contributed by atoms with Gasteiger partial charge in [0.1, 0.15) is 18.4 Å². The van der Waals surface area contributed by atoms with Gasteiger partial charge < -0.3 is 25.4 Å². The summed E-state index contributed by atoms with van der Waals surface area (Å²) in [6, 6.07) is 12.7. The first kappa shape index (κ1) is 29.7. The van der Waals surface area contributed by atoms with Crippen LogP contribution in [0.3, 0.4) is 0 Å². The summed E-state index contributed by atoms with van der Waals surface area (Å²) in [5.41, 5.74) is 8.25. The van der Waals surface area contributed by atoms with Crippen LogP contribution in [0.2, 0.25) is 0 Å². The molecule has 0 unspecified atom stereocenters. The molecule has 0 radical (unpaired) electrons. The maximum absolute atomic E-state index is 12.9. The van der Waals surface area contributed by atoms with Gasteiger partial charge in [0.05, 0.1) is 31.0 Å². The molecule has 11 nitrogen and oxygen atoms in total. The summed E-state index contributed by atoms with van der Waals surface area (Å²) in [5.74, 6) is 0.197. The van der Waals surface area contributed by atoms with Crippen molar-refractivity contribution in [2.24, 2.45) is 5.73 Å². The lowest BCUT2D eigenvalue weighted by Gasteiger charge is -2.24. The number of Topliss-reactive ketones (excluding diaryl/α,β-unsaturated/α-hetero) is 1. The molecule has 0 fully saturated rings. The summed E-state index contributed by atoms with van der Waals surface area (Å²) in [6.07, 6.45) is -0.640. The van der Waals surface area contributed by atoms with Gasteiger partial charge in [0.2, 0.25) is 5.91 Å². The maximum atomic E-state index is 12.9. The zero-order valence-corrected chi connectivity index (χ0v) is 23.4. The van der Waals surface area contributed by atoms with Crippen molar-refractivity contribution >= 4 is 23.4 Å². The van der Waals surface area contributed by atoms with Gasteiger partial charge in [-0.1, -0.05) is 44.2 Å². The molecule has 2 heterocycles. The van der Waals surface area contributed by atoms with Crippen molar-refractivity contribution in [1.82, 2.24) is 24.8 Å². The van der Waals surface area contributed by atoms with Gasteiger partial charge in [0.15, 0.2) is 11.5 Å². The molecule has 0 spiro atoms. The number of carbonyl (C=O) groups excluding carboxylic acids is 3. The smallest absolute Gasteiger partial charge is 0.410 e. The van der Waals surface area contributed by atoms with Crippen LogP contribution in [0.1, 0.15) is 69.2 Å². The van der Waals surface area contributed by atoms with E-state index in [4.69, 9.17) is 15.2 Å². The minimum atomic E-state index is -1.14. The van der Waals surface area contributed by atoms with Gasteiger partial charge in [-0.15, -0.1) is 10.2 Å². The Hall–Kier alpha value is -3.83. The molecular formula is C28H38N6O5. The average Bonchev–Trinajstić information content (AvgIpc) is 3.30. The fourth-order valence-electron chi connectivity index (χ4n) is 4.05. The van der Waals surface area contributed by atoms with Crippen LogP contribution in [0, 0.1) is 0 Å². The highest BCUT2D eigenvalue weighted by atomic mass is 16.6. The van der Waals surface area contributed by atoms with E-state index in [9.17, 15) is 14.4 Å². The Labute approximate surface area is 228 Å². The number of hydrogen-bond donors (Lipinski definition) is 2. The Balaban J connectivity index is 1.87. The first-order chi connectivity index (χ1) is 18.4. The predicted molar refractivity (Wildman–Crippen MR) is 146 cm³/mol. The summed E-state index contributed by atoms with van der Waals surface area (Å²) < 4.78 is 13.3. The average molecular weight is 539 g/mol. The molecule has 0 bridgehead atoms. The Morgan fingerprint density at radius 3 is 2.46 bits per heavy atom. The third kappa shape index (κ3) is 7.84. The second kappa shape index (κ2) is 12.8. The molecule has 3 rings (SSSR count). The first-order valence-electron chi connectivity index (χ1n) is 12.8. The van der Waals surface area contributed by atoms with E-state index in [1.165, 1.54) is 24.4 Å². The minimum absolute atomic E-state index is 0.0544. The zero-order chi connectivity index (χ0) is 28.7. The molecule has 0 aliphatic rings. The Morgan fingerprint density at radius 2 is 1.79 bits per heavy atom. The highest BCUT2D eigenvalue weighted by molar-refractivity contribution is 5.85. The molecule has 1 atom stereocenters. The van der Waals surface area contributed by atoms with Crippen molar-refractivity contribution < 1.29 is 23.9 Å². The summed E-state index contributed by atoms with van der Waals surface area (Å²) in [7, 11) is 1.49. The lowest BCUT2D eigenvalue weighted by Crippen LogP contribution is -2.51. The summed E-state index contributed by atoms with van der Waals surface area (Å²) >= 11 is 0. The van der Waals surface area contributed by atoms with Crippen LogP contribution in [-0.4, -0.2) is 63.0 Å². The van der Waals surface area contributed by atoms with Gasteiger partial charge in [-0.2, -0.15) is 0 Å². The maximum Gasteiger partial charge on any atom is 0.410 e. The third-order valence-corrected chi connectivity index (χ3v) is 6.07. The van der Waals surface area contributed by atoms with E-state index in [2.05, 4.69) is 35.4 Å². The Kier molecular flexibility index (Phi) is 9.76. The van der Waals surface area contributed by atoms with Crippen molar-refractivity contribution in [3.63, 3.8) is 0 Å². The molecule has 3 N–H and O–H groups in total.